The largest absolute Gasteiger partial charge is 0.426 e. The Kier molecular flexibility index (Phi) is 4.31. The lowest BCUT2D eigenvalue weighted by Crippen LogP contribution is -2.52. The second-order valence-corrected chi connectivity index (χ2v) is 12.0. The van der Waals surface area contributed by atoms with E-state index in [2.05, 4.69) is 31.2 Å². The molecule has 8 rings (SSSR count). The molecule has 0 heterocycles. The maximum Gasteiger partial charge on any atom is 0.322 e. The molecule has 0 aliphatic heterocycles. The van der Waals surface area contributed by atoms with Gasteiger partial charge in [0.1, 0.15) is 16.9 Å². The number of hydrogen-bond acceptors (Lipinski definition) is 4. The standard InChI is InChI=1S/C30H32O4/c1-29-14-12-22-21-9-7-20(16-18(21)4-8-23(22)24(29)10-11-26(29)32)34-28(33)30-15-13-25(31)27(30)17-2-5-19(30)6-3-17/h2,5,7,9,13,15-17,19,22-24,27H,3-4,6,8,10-12,14H2,1H3/t17-,19-,22-,23-,24-,27-,29+,30+/m0/s1. The number of carbonyl (C=O) groups is 3. The Hall–Kier alpha value is -2.49. The first-order valence-electron chi connectivity index (χ1n) is 13.2. The third kappa shape index (κ3) is 2.58. The molecular formula is C30H32O4. The fourth-order valence-corrected chi connectivity index (χ4v) is 9.03. The van der Waals surface area contributed by atoms with E-state index in [9.17, 15) is 14.4 Å². The smallest absolute Gasteiger partial charge is 0.322 e. The van der Waals surface area contributed by atoms with Crippen LogP contribution in [0, 0.1) is 40.4 Å². The van der Waals surface area contributed by atoms with E-state index in [1.165, 1.54) is 11.1 Å². The number of ether oxygens (including phenoxy) is 1. The molecule has 1 aromatic rings. The molecular weight excluding hydrogens is 424 g/mol. The second kappa shape index (κ2) is 7.02. The first kappa shape index (κ1) is 20.8. The van der Waals surface area contributed by atoms with Gasteiger partial charge in [0.15, 0.2) is 5.78 Å². The fourth-order valence-electron chi connectivity index (χ4n) is 9.03. The summed E-state index contributed by atoms with van der Waals surface area (Å²) in [6.45, 7) is 2.21. The number of aryl methyl sites for hydroxylation is 1. The Morgan fingerprint density at radius 1 is 1.03 bits per heavy atom. The lowest BCUT2D eigenvalue weighted by Gasteiger charge is -2.48. The third-order valence-corrected chi connectivity index (χ3v) is 10.8. The number of ketones is 2. The molecule has 0 unspecified atom stereocenters. The minimum atomic E-state index is -0.835. The van der Waals surface area contributed by atoms with Gasteiger partial charge in [-0.15, -0.1) is 0 Å². The molecule has 7 aliphatic rings. The van der Waals surface area contributed by atoms with Crippen LogP contribution in [0.15, 0.2) is 42.5 Å². The van der Waals surface area contributed by atoms with Gasteiger partial charge in [-0.25, -0.2) is 0 Å². The molecule has 0 saturated heterocycles. The van der Waals surface area contributed by atoms with Crippen molar-refractivity contribution in [2.24, 2.45) is 40.4 Å². The highest BCUT2D eigenvalue weighted by Crippen LogP contribution is 2.60. The molecule has 3 fully saturated rings. The van der Waals surface area contributed by atoms with Gasteiger partial charge in [0.25, 0.3) is 0 Å². The van der Waals surface area contributed by atoms with Gasteiger partial charge >= 0.3 is 5.97 Å². The van der Waals surface area contributed by atoms with Crippen molar-refractivity contribution >= 4 is 17.5 Å². The quantitative estimate of drug-likeness (QED) is 0.342. The lowest BCUT2D eigenvalue weighted by molar-refractivity contribution is -0.155. The summed E-state index contributed by atoms with van der Waals surface area (Å²) in [5.41, 5.74) is 1.74. The van der Waals surface area contributed by atoms with Gasteiger partial charge in [0.2, 0.25) is 0 Å². The van der Waals surface area contributed by atoms with Crippen molar-refractivity contribution in [3.63, 3.8) is 0 Å². The Morgan fingerprint density at radius 2 is 1.91 bits per heavy atom. The summed E-state index contributed by atoms with van der Waals surface area (Å²) >= 11 is 0. The average Bonchev–Trinajstić information content (AvgIpc) is 3.38. The zero-order valence-corrected chi connectivity index (χ0v) is 19.8. The van der Waals surface area contributed by atoms with Crippen LogP contribution in [0.1, 0.15) is 68.9 Å². The monoisotopic (exact) mass is 456 g/mol. The maximum absolute atomic E-state index is 13.6. The molecule has 3 saturated carbocycles. The van der Waals surface area contributed by atoms with Gasteiger partial charge in [-0.05, 0) is 104 Å². The van der Waals surface area contributed by atoms with E-state index in [0.29, 0.717) is 29.3 Å². The molecule has 0 N–H and O–H groups in total. The Labute approximate surface area is 200 Å². The van der Waals surface area contributed by atoms with Crippen molar-refractivity contribution < 1.29 is 19.1 Å². The van der Waals surface area contributed by atoms with E-state index in [1.54, 1.807) is 6.08 Å². The van der Waals surface area contributed by atoms with Crippen LogP contribution in [0.4, 0.5) is 0 Å². The molecule has 0 amide bonds. The van der Waals surface area contributed by atoms with Crippen LogP contribution in [-0.2, 0) is 20.8 Å². The SMILES string of the molecule is C[C@@]12CC[C@H]3c4ccc(OC(=O)[C@@]56C=CC(=O)[C@@H]5[C@H]5C=C[C@H]6CC5)cc4CC[C@@H]3[C@@H]1CCC2=O. The fraction of sp³-hybridized carbons (Fsp3) is 0.567. The van der Waals surface area contributed by atoms with Gasteiger partial charge in [0.05, 0.1) is 0 Å². The number of allylic oxidation sites excluding steroid dienone is 3. The molecule has 4 nitrogen and oxygen atoms in total. The van der Waals surface area contributed by atoms with E-state index in [0.717, 1.165) is 51.4 Å². The van der Waals surface area contributed by atoms with Crippen LogP contribution in [-0.4, -0.2) is 17.5 Å². The van der Waals surface area contributed by atoms with Crippen molar-refractivity contribution in [3.8, 4) is 5.75 Å². The summed E-state index contributed by atoms with van der Waals surface area (Å²) in [6.07, 6.45) is 15.6. The number of esters is 1. The van der Waals surface area contributed by atoms with E-state index in [-0.39, 0.29) is 34.9 Å². The van der Waals surface area contributed by atoms with Crippen LogP contribution in [0.5, 0.6) is 5.75 Å². The van der Waals surface area contributed by atoms with Gasteiger partial charge in [0, 0.05) is 17.8 Å². The minimum absolute atomic E-state index is 0.0433. The number of fused-ring (bicyclic) bond motifs is 6. The summed E-state index contributed by atoms with van der Waals surface area (Å²) in [7, 11) is 0. The van der Waals surface area contributed by atoms with Crippen LogP contribution >= 0.6 is 0 Å². The van der Waals surface area contributed by atoms with Gasteiger partial charge in [-0.3, -0.25) is 14.4 Å². The molecule has 0 spiro atoms. The lowest BCUT2D eigenvalue weighted by atomic mass is 9.54. The third-order valence-electron chi connectivity index (χ3n) is 10.8. The molecule has 4 heteroatoms. The number of rotatable bonds is 2. The number of hydrogen-bond donors (Lipinski definition) is 0. The van der Waals surface area contributed by atoms with Crippen molar-refractivity contribution in [3.05, 3.63) is 53.6 Å². The second-order valence-electron chi connectivity index (χ2n) is 12.0. The summed E-state index contributed by atoms with van der Waals surface area (Å²) in [6, 6.07) is 6.20. The highest BCUT2D eigenvalue weighted by molar-refractivity contribution is 6.03. The van der Waals surface area contributed by atoms with E-state index in [4.69, 9.17) is 4.74 Å². The Balaban J connectivity index is 1.15. The summed E-state index contributed by atoms with van der Waals surface area (Å²) in [4.78, 5) is 38.9. The van der Waals surface area contributed by atoms with Gasteiger partial charge in [-0.1, -0.05) is 31.2 Å². The predicted octanol–water partition coefficient (Wildman–Crippen LogP) is 5.35. The molecule has 1 aromatic carbocycles. The van der Waals surface area contributed by atoms with Crippen LogP contribution in [0.25, 0.3) is 0 Å². The van der Waals surface area contributed by atoms with E-state index in [1.807, 2.05) is 12.1 Å². The summed E-state index contributed by atoms with van der Waals surface area (Å²) in [5, 5.41) is 0. The molecule has 7 aliphatic carbocycles. The molecule has 0 radical (unpaired) electrons. The topological polar surface area (TPSA) is 60.4 Å². The first-order valence-corrected chi connectivity index (χ1v) is 13.2. The highest BCUT2D eigenvalue weighted by Gasteiger charge is 2.61. The van der Waals surface area contributed by atoms with Crippen LogP contribution in [0.3, 0.4) is 0 Å². The molecule has 0 aromatic heterocycles. The molecule has 34 heavy (non-hydrogen) atoms. The van der Waals surface area contributed by atoms with Gasteiger partial charge < -0.3 is 4.74 Å². The average molecular weight is 457 g/mol. The zero-order valence-electron chi connectivity index (χ0n) is 19.8. The number of benzene rings is 1. The first-order chi connectivity index (χ1) is 16.4. The van der Waals surface area contributed by atoms with Gasteiger partial charge in [-0.2, -0.15) is 0 Å². The minimum Gasteiger partial charge on any atom is -0.426 e. The Bertz CT molecular complexity index is 1180. The Morgan fingerprint density at radius 3 is 2.74 bits per heavy atom. The highest BCUT2D eigenvalue weighted by atomic mass is 16.5. The summed E-state index contributed by atoms with van der Waals surface area (Å²) < 4.78 is 6.04. The molecule has 176 valence electrons. The van der Waals surface area contributed by atoms with E-state index >= 15 is 0 Å². The summed E-state index contributed by atoms with van der Waals surface area (Å²) in [5.74, 6) is 2.38. The zero-order chi connectivity index (χ0) is 23.2. The maximum atomic E-state index is 13.6. The van der Waals surface area contributed by atoms with Crippen molar-refractivity contribution in [2.45, 2.75) is 64.2 Å². The molecule has 8 atom stereocenters. The van der Waals surface area contributed by atoms with Crippen molar-refractivity contribution in [1.29, 1.82) is 0 Å². The molecule has 2 bridgehead atoms. The number of carbonyl (C=O) groups excluding carboxylic acids is 3. The van der Waals surface area contributed by atoms with Crippen molar-refractivity contribution in [2.75, 3.05) is 0 Å². The van der Waals surface area contributed by atoms with E-state index < -0.39 is 5.41 Å². The van der Waals surface area contributed by atoms with Crippen LogP contribution in [0.2, 0.25) is 0 Å². The predicted molar refractivity (Wildman–Crippen MR) is 127 cm³/mol. The number of Topliss-reactive ketones (excluding diaryl/α,β-unsaturated/α-hetero) is 1. The van der Waals surface area contributed by atoms with Crippen LogP contribution < -0.4 is 4.74 Å². The normalized spacial score (nSPS) is 43.3. The van der Waals surface area contributed by atoms with Crippen molar-refractivity contribution in [1.82, 2.24) is 0 Å².